The van der Waals surface area contributed by atoms with Gasteiger partial charge in [0, 0.05) is 11.5 Å². The van der Waals surface area contributed by atoms with Crippen LogP contribution in [-0.4, -0.2) is 43.5 Å². The van der Waals surface area contributed by atoms with Gasteiger partial charge in [-0.25, -0.2) is 9.13 Å². The smallest absolute Gasteiger partial charge is 0.390 e. The molecule has 0 aromatic rings. The summed E-state index contributed by atoms with van der Waals surface area (Å²) in [4.78, 5) is 25.6. The lowest BCUT2D eigenvalue weighted by atomic mass is 10.3. The van der Waals surface area contributed by atoms with Crippen LogP contribution in [0.5, 0.6) is 0 Å². The summed E-state index contributed by atoms with van der Waals surface area (Å²) >= 11 is 7.45. The third kappa shape index (κ3) is 7.29. The second-order valence-electron chi connectivity index (χ2n) is 2.62. The molecule has 0 aromatic heterocycles. The van der Waals surface area contributed by atoms with Crippen molar-refractivity contribution in [2.24, 2.45) is 0 Å². The lowest BCUT2D eigenvalue weighted by molar-refractivity contribution is 0.0436. The van der Waals surface area contributed by atoms with E-state index in [1.54, 1.807) is 0 Å². The molecule has 0 aliphatic heterocycles. The Labute approximate surface area is 103 Å². The molecule has 0 aliphatic rings. The minimum absolute atomic E-state index is 0.0822. The van der Waals surface area contributed by atoms with Gasteiger partial charge in [0.25, 0.3) is 0 Å². The Morgan fingerprint density at radius 1 is 1.12 bits per heavy atom. The summed E-state index contributed by atoms with van der Waals surface area (Å²) in [6.45, 7) is 0. The van der Waals surface area contributed by atoms with Crippen molar-refractivity contribution in [1.82, 2.24) is 0 Å². The zero-order chi connectivity index (χ0) is 13.0. The van der Waals surface area contributed by atoms with Crippen LogP contribution in [0, 0.1) is 0 Å². The van der Waals surface area contributed by atoms with Crippen molar-refractivity contribution < 1.29 is 37.8 Å². The van der Waals surface area contributed by atoms with Gasteiger partial charge in [-0.15, -0.1) is 0 Å². The second kappa shape index (κ2) is 6.75. The van der Waals surface area contributed by atoms with Crippen molar-refractivity contribution in [3.8, 4) is 0 Å². The highest BCUT2D eigenvalue weighted by Gasteiger charge is 2.36. The number of aliphatic hydroxyl groups is 1. The van der Waals surface area contributed by atoms with Crippen molar-refractivity contribution in [2.45, 2.75) is 12.2 Å². The monoisotopic (exact) mass is 314 g/mol. The molecule has 8 nitrogen and oxygen atoms in total. The Morgan fingerprint density at radius 3 is 1.94 bits per heavy atom. The van der Waals surface area contributed by atoms with Crippen molar-refractivity contribution in [1.29, 1.82) is 0 Å². The van der Waals surface area contributed by atoms with Crippen LogP contribution in [-0.2, 0) is 18.0 Å². The number of thiol groups is 2. The topological polar surface area (TPSA) is 134 Å². The van der Waals surface area contributed by atoms with Gasteiger partial charge in [0.2, 0.25) is 0 Å². The summed E-state index contributed by atoms with van der Waals surface area (Å²) in [6.07, 6.45) is -2.45. The lowest BCUT2D eigenvalue weighted by Gasteiger charge is -2.22. The Hall–Kier alpha value is 0.920. The molecule has 0 aromatic carbocycles. The molecule has 16 heavy (non-hydrogen) atoms. The molecule has 0 saturated carbocycles. The van der Waals surface area contributed by atoms with Crippen LogP contribution in [0.25, 0.3) is 0 Å². The first-order valence-electron chi connectivity index (χ1n) is 3.79. The molecule has 0 amide bonds. The van der Waals surface area contributed by atoms with Gasteiger partial charge in [-0.3, -0.25) is 4.52 Å². The van der Waals surface area contributed by atoms with E-state index < -0.39 is 27.9 Å². The van der Waals surface area contributed by atoms with Gasteiger partial charge >= 0.3 is 15.6 Å². The molecule has 0 heterocycles. The maximum Gasteiger partial charge on any atom is 0.481 e. The van der Waals surface area contributed by atoms with E-state index in [-0.39, 0.29) is 11.5 Å². The van der Waals surface area contributed by atoms with Gasteiger partial charge < -0.3 is 19.8 Å². The third-order valence-electron chi connectivity index (χ3n) is 1.27. The van der Waals surface area contributed by atoms with Gasteiger partial charge in [-0.1, -0.05) is 0 Å². The van der Waals surface area contributed by atoms with Gasteiger partial charge in [-0.05, 0) is 0 Å². The Kier molecular flexibility index (Phi) is 7.13. The second-order valence-corrected chi connectivity index (χ2v) is 6.13. The van der Waals surface area contributed by atoms with E-state index in [0.717, 1.165) is 0 Å². The molecule has 0 fully saturated rings. The molecule has 0 bridgehead atoms. The van der Waals surface area contributed by atoms with Crippen molar-refractivity contribution >= 4 is 40.9 Å². The molecule has 12 heteroatoms. The highest BCUT2D eigenvalue weighted by molar-refractivity contribution is 7.80. The molecular weight excluding hydrogens is 302 g/mol. The Balaban J connectivity index is 4.55. The van der Waals surface area contributed by atoms with Crippen LogP contribution in [0.3, 0.4) is 0 Å². The van der Waals surface area contributed by atoms with Crippen LogP contribution in [0.4, 0.5) is 0 Å². The van der Waals surface area contributed by atoms with E-state index in [2.05, 4.69) is 34.1 Å². The first-order valence-corrected chi connectivity index (χ1v) is 8.08. The van der Waals surface area contributed by atoms with Crippen LogP contribution >= 0.6 is 40.9 Å². The van der Waals surface area contributed by atoms with E-state index in [1.807, 2.05) is 0 Å². The highest BCUT2D eigenvalue weighted by Crippen LogP contribution is 2.58. The van der Waals surface area contributed by atoms with E-state index >= 15 is 0 Å². The molecule has 0 radical (unpaired) electrons. The summed E-state index contributed by atoms with van der Waals surface area (Å²) in [5.74, 6) is -0.238. The number of rotatable bonds is 7. The van der Waals surface area contributed by atoms with Crippen molar-refractivity contribution in [2.75, 3.05) is 11.5 Å². The Bertz CT molecular complexity index is 304. The van der Waals surface area contributed by atoms with Crippen molar-refractivity contribution in [3.63, 3.8) is 0 Å². The predicted octanol–water partition coefficient (Wildman–Crippen LogP) is -0.198. The quantitative estimate of drug-likeness (QED) is 0.281. The number of phosphoric ester groups is 1. The standard InChI is InChI=1S/C4H12O8P2S2/c5-3(1-15)4(2-16)11-14(9,10)12-13(6,7)8/h3-5,15-16H,1-2H2,(H,9,10)(H2,6,7,8)/t3-,4-/m1/s1. The van der Waals surface area contributed by atoms with Gasteiger partial charge in [0.05, 0.1) is 6.10 Å². The summed E-state index contributed by atoms with van der Waals surface area (Å²) in [5, 5.41) is 9.25. The summed E-state index contributed by atoms with van der Waals surface area (Å²) < 4.78 is 29.3. The zero-order valence-corrected chi connectivity index (χ0v) is 11.4. The lowest BCUT2D eigenvalue weighted by Crippen LogP contribution is -2.31. The average Bonchev–Trinajstić information content (AvgIpc) is 2.09. The number of aliphatic hydroxyl groups excluding tert-OH is 1. The maximum atomic E-state index is 11.1. The summed E-state index contributed by atoms with van der Waals surface area (Å²) in [5.41, 5.74) is 0. The van der Waals surface area contributed by atoms with Crippen LogP contribution < -0.4 is 0 Å². The fourth-order valence-corrected chi connectivity index (χ4v) is 3.12. The number of hydrogen-bond donors (Lipinski definition) is 6. The minimum Gasteiger partial charge on any atom is -0.390 e. The van der Waals surface area contributed by atoms with Crippen LogP contribution in [0.2, 0.25) is 0 Å². The Morgan fingerprint density at radius 2 is 1.62 bits per heavy atom. The zero-order valence-electron chi connectivity index (χ0n) is 7.78. The minimum atomic E-state index is -5.16. The van der Waals surface area contributed by atoms with E-state index in [4.69, 9.17) is 14.7 Å². The summed E-state index contributed by atoms with van der Waals surface area (Å²) in [6, 6.07) is 0. The fraction of sp³-hybridized carbons (Fsp3) is 1.00. The molecule has 4 N–H and O–H groups in total. The van der Waals surface area contributed by atoms with Gasteiger partial charge in [0.15, 0.2) is 0 Å². The molecule has 98 valence electrons. The molecule has 0 aliphatic carbocycles. The molecule has 0 rings (SSSR count). The molecular formula is C4H12O8P2S2. The molecule has 3 atom stereocenters. The highest BCUT2D eigenvalue weighted by atomic mass is 32.1. The SMILES string of the molecule is O=P(O)(O)OP(=O)(O)O[C@H](CS)[C@H](O)CS. The van der Waals surface area contributed by atoms with E-state index in [0.29, 0.717) is 0 Å². The first kappa shape index (κ1) is 16.9. The number of hydrogen-bond acceptors (Lipinski definition) is 7. The van der Waals surface area contributed by atoms with Crippen LogP contribution in [0.1, 0.15) is 0 Å². The van der Waals surface area contributed by atoms with Gasteiger partial charge in [0.1, 0.15) is 6.10 Å². The van der Waals surface area contributed by atoms with Gasteiger partial charge in [-0.2, -0.15) is 29.6 Å². The fourth-order valence-electron chi connectivity index (χ4n) is 0.668. The maximum absolute atomic E-state index is 11.1. The molecule has 0 saturated heterocycles. The normalized spacial score (nSPS) is 20.1. The average molecular weight is 314 g/mol. The summed E-state index contributed by atoms with van der Waals surface area (Å²) in [7, 11) is -10.1. The molecule has 1 unspecified atom stereocenters. The van der Waals surface area contributed by atoms with E-state index in [9.17, 15) is 14.2 Å². The van der Waals surface area contributed by atoms with Crippen LogP contribution in [0.15, 0.2) is 0 Å². The number of phosphoric acid groups is 2. The predicted molar refractivity (Wildman–Crippen MR) is 61.5 cm³/mol. The first-order chi connectivity index (χ1) is 7.11. The largest absolute Gasteiger partial charge is 0.481 e. The van der Waals surface area contributed by atoms with E-state index in [1.165, 1.54) is 0 Å². The molecule has 0 spiro atoms. The third-order valence-corrected chi connectivity index (χ3v) is 4.22. The van der Waals surface area contributed by atoms with Crippen molar-refractivity contribution in [3.05, 3.63) is 0 Å².